The molecule has 0 unspecified atom stereocenters. The molecule has 3 aromatic heterocycles. The van der Waals surface area contributed by atoms with Crippen LogP contribution in [0.5, 0.6) is 0 Å². The third-order valence-electron chi connectivity index (χ3n) is 3.35. The molecule has 0 aromatic carbocycles. The Morgan fingerprint density at radius 2 is 2.20 bits per heavy atom. The van der Waals surface area contributed by atoms with Gasteiger partial charge in [0.1, 0.15) is 10.7 Å². The van der Waals surface area contributed by atoms with Crippen molar-refractivity contribution in [1.29, 1.82) is 0 Å². The van der Waals surface area contributed by atoms with Gasteiger partial charge in [-0.25, -0.2) is 9.97 Å². The second kappa shape index (κ2) is 5.73. The van der Waals surface area contributed by atoms with Crippen LogP contribution in [-0.2, 0) is 19.5 Å². The van der Waals surface area contributed by atoms with E-state index in [0.717, 1.165) is 35.9 Å². The van der Waals surface area contributed by atoms with Gasteiger partial charge in [0.15, 0.2) is 0 Å². The maximum atomic E-state index is 4.57. The molecule has 0 saturated heterocycles. The maximum absolute atomic E-state index is 4.57. The van der Waals surface area contributed by atoms with Crippen LogP contribution in [0.25, 0.3) is 5.65 Å². The van der Waals surface area contributed by atoms with Gasteiger partial charge < -0.3 is 9.72 Å². The van der Waals surface area contributed by atoms with Gasteiger partial charge in [-0.3, -0.25) is 0 Å². The van der Waals surface area contributed by atoms with Crippen LogP contribution in [0.4, 0.5) is 0 Å². The SMILES string of the molecule is CCc1cnc(CNCc2c(C)nc3ccccn23)s1. The molecular weight excluding hydrogens is 268 g/mol. The fraction of sp³-hybridized carbons (Fsp3) is 0.333. The standard InChI is InChI=1S/C15H18N4S/c1-3-12-8-17-15(20-12)10-16-9-13-11(2)18-14-6-4-5-7-19(13)14/h4-8,16H,3,9-10H2,1-2H3. The van der Waals surface area contributed by atoms with Crippen molar-refractivity contribution in [2.45, 2.75) is 33.4 Å². The third kappa shape index (κ3) is 2.59. The van der Waals surface area contributed by atoms with Crippen molar-refractivity contribution in [2.24, 2.45) is 0 Å². The normalized spacial score (nSPS) is 11.3. The van der Waals surface area contributed by atoms with Crippen molar-refractivity contribution in [3.63, 3.8) is 0 Å². The Morgan fingerprint density at radius 1 is 1.30 bits per heavy atom. The molecule has 104 valence electrons. The van der Waals surface area contributed by atoms with Gasteiger partial charge in [-0.15, -0.1) is 11.3 Å². The van der Waals surface area contributed by atoms with Gasteiger partial charge in [-0.2, -0.15) is 0 Å². The minimum atomic E-state index is 0.804. The number of aryl methyl sites for hydroxylation is 2. The van der Waals surface area contributed by atoms with E-state index in [9.17, 15) is 0 Å². The van der Waals surface area contributed by atoms with E-state index in [4.69, 9.17) is 0 Å². The monoisotopic (exact) mass is 286 g/mol. The maximum Gasteiger partial charge on any atom is 0.137 e. The zero-order valence-electron chi connectivity index (χ0n) is 11.8. The lowest BCUT2D eigenvalue weighted by atomic mass is 10.3. The van der Waals surface area contributed by atoms with Crippen LogP contribution < -0.4 is 5.32 Å². The zero-order chi connectivity index (χ0) is 13.9. The molecule has 0 spiro atoms. The van der Waals surface area contributed by atoms with Gasteiger partial charge in [-0.1, -0.05) is 13.0 Å². The van der Waals surface area contributed by atoms with Gasteiger partial charge in [0.05, 0.1) is 11.4 Å². The number of aromatic nitrogens is 3. The number of imidazole rings is 1. The molecule has 0 fully saturated rings. The number of rotatable bonds is 5. The summed E-state index contributed by atoms with van der Waals surface area (Å²) in [6, 6.07) is 6.08. The number of hydrogen-bond donors (Lipinski definition) is 1. The Balaban J connectivity index is 1.69. The minimum absolute atomic E-state index is 0.804. The van der Waals surface area contributed by atoms with Gasteiger partial charge >= 0.3 is 0 Å². The van der Waals surface area contributed by atoms with E-state index in [1.165, 1.54) is 10.6 Å². The Hall–Kier alpha value is -1.72. The van der Waals surface area contributed by atoms with Crippen molar-refractivity contribution in [3.05, 3.63) is 51.9 Å². The number of pyridine rings is 1. The van der Waals surface area contributed by atoms with Crippen LogP contribution in [0.1, 0.15) is 28.2 Å². The molecule has 1 N–H and O–H groups in total. The van der Waals surface area contributed by atoms with Gasteiger partial charge in [0, 0.05) is 30.4 Å². The fourth-order valence-electron chi connectivity index (χ4n) is 2.26. The topological polar surface area (TPSA) is 42.2 Å². The van der Waals surface area contributed by atoms with E-state index in [1.807, 2.05) is 24.4 Å². The number of thiazole rings is 1. The summed E-state index contributed by atoms with van der Waals surface area (Å²) in [5.41, 5.74) is 3.30. The minimum Gasteiger partial charge on any atom is -0.305 e. The molecular formula is C15H18N4S. The molecule has 5 heteroatoms. The highest BCUT2D eigenvalue weighted by Gasteiger charge is 2.08. The molecule has 0 radical (unpaired) electrons. The number of nitrogens with zero attached hydrogens (tertiary/aromatic N) is 3. The van der Waals surface area contributed by atoms with Crippen molar-refractivity contribution >= 4 is 17.0 Å². The first-order valence-electron chi connectivity index (χ1n) is 6.84. The quantitative estimate of drug-likeness (QED) is 0.784. The van der Waals surface area contributed by atoms with Gasteiger partial charge in [0.2, 0.25) is 0 Å². The lowest BCUT2D eigenvalue weighted by molar-refractivity contribution is 0.669. The number of nitrogens with one attached hydrogen (secondary N) is 1. The van der Waals surface area contributed by atoms with Crippen LogP contribution in [0.2, 0.25) is 0 Å². The second-order valence-electron chi connectivity index (χ2n) is 4.75. The Morgan fingerprint density at radius 3 is 3.00 bits per heavy atom. The van der Waals surface area contributed by atoms with Crippen LogP contribution in [0.3, 0.4) is 0 Å². The molecule has 0 bridgehead atoms. The van der Waals surface area contributed by atoms with Crippen molar-refractivity contribution in [1.82, 2.24) is 19.7 Å². The first-order valence-corrected chi connectivity index (χ1v) is 7.66. The highest BCUT2D eigenvalue weighted by Crippen LogP contribution is 2.14. The summed E-state index contributed by atoms with van der Waals surface area (Å²) < 4.78 is 2.14. The highest BCUT2D eigenvalue weighted by atomic mass is 32.1. The van der Waals surface area contributed by atoms with E-state index in [2.05, 4.69) is 39.7 Å². The van der Waals surface area contributed by atoms with Crippen LogP contribution in [0.15, 0.2) is 30.6 Å². The smallest absolute Gasteiger partial charge is 0.137 e. The Labute approximate surface area is 122 Å². The van der Waals surface area contributed by atoms with Gasteiger partial charge in [0.25, 0.3) is 0 Å². The summed E-state index contributed by atoms with van der Waals surface area (Å²) in [6.45, 7) is 5.83. The van der Waals surface area contributed by atoms with E-state index in [0.29, 0.717) is 0 Å². The van der Waals surface area contributed by atoms with Crippen LogP contribution in [-0.4, -0.2) is 14.4 Å². The first-order chi connectivity index (χ1) is 9.78. The average Bonchev–Trinajstić information content (AvgIpc) is 3.04. The fourth-order valence-corrected chi connectivity index (χ4v) is 3.09. The largest absolute Gasteiger partial charge is 0.305 e. The summed E-state index contributed by atoms with van der Waals surface area (Å²) in [5, 5.41) is 4.61. The van der Waals surface area contributed by atoms with E-state index < -0.39 is 0 Å². The zero-order valence-corrected chi connectivity index (χ0v) is 12.6. The molecule has 0 saturated carbocycles. The summed E-state index contributed by atoms with van der Waals surface area (Å²) in [7, 11) is 0. The lowest BCUT2D eigenvalue weighted by Crippen LogP contribution is -2.14. The van der Waals surface area contributed by atoms with Crippen LogP contribution in [0, 0.1) is 6.92 Å². The molecule has 3 heterocycles. The van der Waals surface area contributed by atoms with Crippen LogP contribution >= 0.6 is 11.3 Å². The molecule has 0 atom stereocenters. The molecule has 0 aliphatic heterocycles. The first kappa shape index (κ1) is 13.3. The summed E-state index contributed by atoms with van der Waals surface area (Å²) in [4.78, 5) is 10.3. The van der Waals surface area contributed by atoms with Gasteiger partial charge in [-0.05, 0) is 25.5 Å². The molecule has 0 amide bonds. The van der Waals surface area contributed by atoms with Crippen molar-refractivity contribution < 1.29 is 0 Å². The number of fused-ring (bicyclic) bond motifs is 1. The Bertz CT molecular complexity index is 714. The van der Waals surface area contributed by atoms with E-state index in [1.54, 1.807) is 11.3 Å². The number of hydrogen-bond acceptors (Lipinski definition) is 4. The second-order valence-corrected chi connectivity index (χ2v) is 5.95. The molecule has 3 rings (SSSR count). The molecule has 20 heavy (non-hydrogen) atoms. The Kier molecular flexibility index (Phi) is 3.80. The molecule has 0 aliphatic rings. The third-order valence-corrected chi connectivity index (χ3v) is 4.49. The summed E-state index contributed by atoms with van der Waals surface area (Å²) in [5.74, 6) is 0. The van der Waals surface area contributed by atoms with Crippen molar-refractivity contribution in [2.75, 3.05) is 0 Å². The molecule has 0 aliphatic carbocycles. The molecule has 3 aromatic rings. The van der Waals surface area contributed by atoms with Crippen molar-refractivity contribution in [3.8, 4) is 0 Å². The summed E-state index contributed by atoms with van der Waals surface area (Å²) >= 11 is 1.78. The average molecular weight is 286 g/mol. The predicted octanol–water partition coefficient (Wildman–Crippen LogP) is 2.95. The van der Waals surface area contributed by atoms with E-state index >= 15 is 0 Å². The predicted molar refractivity (Wildman–Crippen MR) is 82.0 cm³/mol. The van der Waals surface area contributed by atoms with E-state index in [-0.39, 0.29) is 0 Å². The molecule has 4 nitrogen and oxygen atoms in total. The summed E-state index contributed by atoms with van der Waals surface area (Å²) in [6.07, 6.45) is 5.09. The lowest BCUT2D eigenvalue weighted by Gasteiger charge is -2.04. The highest BCUT2D eigenvalue weighted by molar-refractivity contribution is 7.11.